The Bertz CT molecular complexity index is 371. The van der Waals surface area contributed by atoms with Gasteiger partial charge in [-0.2, -0.15) is 5.10 Å². The van der Waals surface area contributed by atoms with Crippen LogP contribution in [-0.2, 0) is 11.3 Å². The average molecular weight is 292 g/mol. The Labute approximate surface area is 99.4 Å². The van der Waals surface area contributed by atoms with Crippen LogP contribution in [0.2, 0.25) is 0 Å². The summed E-state index contributed by atoms with van der Waals surface area (Å²) >= 11 is 4.93. The molecule has 15 heavy (non-hydrogen) atoms. The zero-order chi connectivity index (χ0) is 10.8. The second kappa shape index (κ2) is 4.54. The van der Waals surface area contributed by atoms with Gasteiger partial charge in [-0.1, -0.05) is 0 Å². The van der Waals surface area contributed by atoms with Gasteiger partial charge in [0.15, 0.2) is 0 Å². The van der Waals surface area contributed by atoms with E-state index in [0.29, 0.717) is 12.3 Å². The highest BCUT2D eigenvalue weighted by Crippen LogP contribution is 2.20. The maximum Gasteiger partial charge on any atom is 0.321 e. The third-order valence-electron chi connectivity index (χ3n) is 2.10. The topological polar surface area (TPSA) is 67.1 Å². The number of aromatic nitrogens is 2. The van der Waals surface area contributed by atoms with Crippen molar-refractivity contribution in [3.63, 3.8) is 0 Å². The van der Waals surface area contributed by atoms with Gasteiger partial charge in [0.05, 0.1) is 22.6 Å². The van der Waals surface area contributed by atoms with E-state index >= 15 is 0 Å². The van der Waals surface area contributed by atoms with E-state index in [2.05, 4.69) is 26.3 Å². The number of nitrogens with one attached hydrogen (secondary N) is 1. The first-order valence-corrected chi connectivity index (χ1v) is 6.28. The van der Waals surface area contributed by atoms with Crippen LogP contribution in [0.3, 0.4) is 0 Å². The molecule has 1 fully saturated rings. The van der Waals surface area contributed by atoms with Crippen molar-refractivity contribution < 1.29 is 9.90 Å². The highest BCUT2D eigenvalue weighted by molar-refractivity contribution is 9.10. The quantitative estimate of drug-likeness (QED) is 0.861. The van der Waals surface area contributed by atoms with Gasteiger partial charge in [-0.3, -0.25) is 14.8 Å². The van der Waals surface area contributed by atoms with Crippen molar-refractivity contribution in [1.29, 1.82) is 0 Å². The number of hydrogen-bond donors (Lipinski definition) is 2. The highest BCUT2D eigenvalue weighted by atomic mass is 79.9. The SMILES string of the molecule is O=C(O)C1CSC(Cn2cc(Br)cn2)N1. The van der Waals surface area contributed by atoms with Gasteiger partial charge in [0.1, 0.15) is 6.04 Å². The van der Waals surface area contributed by atoms with Crippen molar-refractivity contribution in [3.05, 3.63) is 16.9 Å². The molecule has 0 amide bonds. The minimum atomic E-state index is -0.786. The van der Waals surface area contributed by atoms with Crippen molar-refractivity contribution in [2.75, 3.05) is 5.75 Å². The smallest absolute Gasteiger partial charge is 0.321 e. The van der Waals surface area contributed by atoms with E-state index in [1.165, 1.54) is 0 Å². The summed E-state index contributed by atoms with van der Waals surface area (Å²) in [6.07, 6.45) is 3.59. The number of halogens is 1. The third-order valence-corrected chi connectivity index (χ3v) is 3.73. The van der Waals surface area contributed by atoms with Crippen LogP contribution in [0, 0.1) is 0 Å². The summed E-state index contributed by atoms with van der Waals surface area (Å²) in [4.78, 5) is 10.7. The Balaban J connectivity index is 1.90. The van der Waals surface area contributed by atoms with Crippen molar-refractivity contribution in [1.82, 2.24) is 15.1 Å². The maximum atomic E-state index is 10.7. The molecule has 2 unspecified atom stereocenters. The molecule has 1 aliphatic heterocycles. The molecule has 2 N–H and O–H groups in total. The monoisotopic (exact) mass is 291 g/mol. The average Bonchev–Trinajstić information content (AvgIpc) is 2.76. The normalized spacial score (nSPS) is 25.7. The first-order valence-electron chi connectivity index (χ1n) is 4.43. The molecular formula is C8H10BrN3O2S. The summed E-state index contributed by atoms with van der Waals surface area (Å²) in [6, 6.07) is -0.431. The lowest BCUT2D eigenvalue weighted by atomic mass is 10.3. The largest absolute Gasteiger partial charge is 0.480 e. The molecule has 82 valence electrons. The van der Waals surface area contributed by atoms with Gasteiger partial charge in [0, 0.05) is 11.9 Å². The van der Waals surface area contributed by atoms with Gasteiger partial charge in [0.25, 0.3) is 0 Å². The van der Waals surface area contributed by atoms with E-state index in [1.54, 1.807) is 22.6 Å². The van der Waals surface area contributed by atoms with E-state index in [0.717, 1.165) is 4.47 Å². The van der Waals surface area contributed by atoms with Gasteiger partial charge in [-0.05, 0) is 15.9 Å². The molecule has 0 radical (unpaired) electrons. The number of carboxylic acid groups (broad SMARTS) is 1. The number of aliphatic carboxylic acids is 1. The molecule has 5 nitrogen and oxygen atoms in total. The van der Waals surface area contributed by atoms with E-state index in [-0.39, 0.29) is 5.37 Å². The zero-order valence-corrected chi connectivity index (χ0v) is 10.2. The predicted octanol–water partition coefficient (Wildman–Crippen LogP) is 0.761. The molecule has 1 aliphatic rings. The summed E-state index contributed by atoms with van der Waals surface area (Å²) in [5.41, 5.74) is 0. The summed E-state index contributed by atoms with van der Waals surface area (Å²) in [6.45, 7) is 0.681. The maximum absolute atomic E-state index is 10.7. The van der Waals surface area contributed by atoms with E-state index < -0.39 is 12.0 Å². The summed E-state index contributed by atoms with van der Waals surface area (Å²) in [5.74, 6) is -0.172. The summed E-state index contributed by atoms with van der Waals surface area (Å²) in [5, 5.41) is 16.1. The second-order valence-corrected chi connectivity index (χ2v) is 5.41. The minimum Gasteiger partial charge on any atom is -0.480 e. The van der Waals surface area contributed by atoms with Crippen LogP contribution in [0.1, 0.15) is 0 Å². The first kappa shape index (κ1) is 11.0. The number of hydrogen-bond acceptors (Lipinski definition) is 4. The molecule has 0 bridgehead atoms. The van der Waals surface area contributed by atoms with Crippen molar-refractivity contribution in [2.24, 2.45) is 0 Å². The predicted molar refractivity (Wildman–Crippen MR) is 60.7 cm³/mol. The van der Waals surface area contributed by atoms with Gasteiger partial charge in [-0.25, -0.2) is 0 Å². The van der Waals surface area contributed by atoms with E-state index in [4.69, 9.17) is 5.11 Å². The number of carbonyl (C=O) groups is 1. The molecule has 0 spiro atoms. The Kier molecular flexibility index (Phi) is 3.32. The number of carboxylic acids is 1. The molecule has 1 aromatic rings. The van der Waals surface area contributed by atoms with Crippen molar-refractivity contribution >= 4 is 33.7 Å². The molecule has 2 atom stereocenters. The minimum absolute atomic E-state index is 0.123. The molecule has 2 heterocycles. The summed E-state index contributed by atoms with van der Waals surface area (Å²) < 4.78 is 2.72. The lowest BCUT2D eigenvalue weighted by Crippen LogP contribution is -2.38. The molecule has 2 rings (SSSR count). The van der Waals surface area contributed by atoms with Crippen LogP contribution >= 0.6 is 27.7 Å². The van der Waals surface area contributed by atoms with Crippen molar-refractivity contribution in [2.45, 2.75) is 18.0 Å². The Morgan fingerprint density at radius 3 is 3.20 bits per heavy atom. The molecule has 7 heteroatoms. The van der Waals surface area contributed by atoms with Crippen LogP contribution in [0.4, 0.5) is 0 Å². The standard InChI is InChI=1S/C8H10BrN3O2S/c9-5-1-10-12(2-5)3-7-11-6(4-15-7)8(13)14/h1-2,6-7,11H,3-4H2,(H,13,14). The third kappa shape index (κ3) is 2.73. The van der Waals surface area contributed by atoms with Crippen LogP contribution in [-0.4, -0.2) is 38.0 Å². The molecule has 0 aliphatic carbocycles. The Morgan fingerprint density at radius 2 is 2.67 bits per heavy atom. The molecule has 0 saturated carbocycles. The van der Waals surface area contributed by atoms with Crippen LogP contribution < -0.4 is 5.32 Å². The Hall–Kier alpha value is -0.530. The first-order chi connectivity index (χ1) is 7.15. The molecule has 1 aromatic heterocycles. The highest BCUT2D eigenvalue weighted by Gasteiger charge is 2.29. The van der Waals surface area contributed by atoms with Crippen LogP contribution in [0.15, 0.2) is 16.9 Å². The van der Waals surface area contributed by atoms with Crippen molar-refractivity contribution in [3.8, 4) is 0 Å². The number of rotatable bonds is 3. The fraction of sp³-hybridized carbons (Fsp3) is 0.500. The number of thioether (sulfide) groups is 1. The molecular weight excluding hydrogens is 282 g/mol. The van der Waals surface area contributed by atoms with Gasteiger partial charge >= 0.3 is 5.97 Å². The lowest BCUT2D eigenvalue weighted by molar-refractivity contribution is -0.138. The molecule has 0 aromatic carbocycles. The summed E-state index contributed by atoms with van der Waals surface area (Å²) in [7, 11) is 0. The van der Waals surface area contributed by atoms with Gasteiger partial charge < -0.3 is 5.11 Å². The molecule has 1 saturated heterocycles. The number of nitrogens with zero attached hydrogens (tertiary/aromatic N) is 2. The van der Waals surface area contributed by atoms with Gasteiger partial charge in [0.2, 0.25) is 0 Å². The van der Waals surface area contributed by atoms with Gasteiger partial charge in [-0.15, -0.1) is 11.8 Å². The fourth-order valence-electron chi connectivity index (χ4n) is 1.39. The Morgan fingerprint density at radius 1 is 1.87 bits per heavy atom. The van der Waals surface area contributed by atoms with Crippen LogP contribution in [0.5, 0.6) is 0 Å². The van der Waals surface area contributed by atoms with E-state index in [1.807, 2.05) is 6.20 Å². The van der Waals surface area contributed by atoms with E-state index in [9.17, 15) is 4.79 Å². The zero-order valence-electron chi connectivity index (χ0n) is 7.76. The fourth-order valence-corrected chi connectivity index (χ4v) is 2.90. The lowest BCUT2D eigenvalue weighted by Gasteiger charge is -2.10. The van der Waals surface area contributed by atoms with Crippen LogP contribution in [0.25, 0.3) is 0 Å². The second-order valence-electron chi connectivity index (χ2n) is 3.26.